The van der Waals surface area contributed by atoms with Crippen molar-refractivity contribution in [3.05, 3.63) is 35.4 Å². The van der Waals surface area contributed by atoms with Crippen LogP contribution in [-0.2, 0) is 15.8 Å². The smallest absolute Gasteiger partial charge is 0.352 e. The summed E-state index contributed by atoms with van der Waals surface area (Å²) >= 11 is 0. The average molecular weight is 395 g/mol. The van der Waals surface area contributed by atoms with Gasteiger partial charge >= 0.3 is 6.18 Å². The van der Waals surface area contributed by atoms with Gasteiger partial charge in [-0.2, -0.15) is 13.2 Å². The molecule has 4 atom stereocenters. The summed E-state index contributed by atoms with van der Waals surface area (Å²) in [5, 5.41) is 6.15. The molecule has 28 heavy (non-hydrogen) atoms. The zero-order valence-electron chi connectivity index (χ0n) is 15.5. The second kappa shape index (κ2) is 7.39. The van der Waals surface area contributed by atoms with E-state index in [1.54, 1.807) is 0 Å². The third-order valence-electron chi connectivity index (χ3n) is 6.00. The average Bonchev–Trinajstić information content (AvgIpc) is 3.07. The first kappa shape index (κ1) is 19.2. The van der Waals surface area contributed by atoms with Crippen LogP contribution in [0, 0.1) is 5.92 Å². The molecule has 0 unspecified atom stereocenters. The van der Waals surface area contributed by atoms with Crippen molar-refractivity contribution < 1.29 is 22.8 Å². The molecule has 2 heterocycles. The third-order valence-corrected chi connectivity index (χ3v) is 6.00. The Hall–Kier alpha value is -2.09. The Morgan fingerprint density at radius 2 is 1.75 bits per heavy atom. The molecule has 2 amide bonds. The quantitative estimate of drug-likeness (QED) is 0.822. The second-order valence-electron chi connectivity index (χ2n) is 8.00. The van der Waals surface area contributed by atoms with Crippen LogP contribution in [0.3, 0.4) is 0 Å². The first-order valence-electron chi connectivity index (χ1n) is 9.82. The zero-order chi connectivity index (χ0) is 19.9. The molecule has 2 aliphatic heterocycles. The van der Waals surface area contributed by atoms with E-state index in [-0.39, 0.29) is 35.7 Å². The zero-order valence-corrected chi connectivity index (χ0v) is 15.5. The lowest BCUT2D eigenvalue weighted by atomic mass is 10.0. The van der Waals surface area contributed by atoms with Crippen LogP contribution in [0.5, 0.6) is 0 Å². The highest BCUT2D eigenvalue weighted by Gasteiger charge is 2.43. The van der Waals surface area contributed by atoms with Gasteiger partial charge in [0, 0.05) is 31.6 Å². The lowest BCUT2D eigenvalue weighted by Gasteiger charge is -2.19. The molecule has 1 aliphatic carbocycles. The number of hydrogen-bond acceptors (Lipinski definition) is 3. The first-order chi connectivity index (χ1) is 13.3. The molecule has 5 nitrogen and oxygen atoms in total. The molecule has 1 aromatic rings. The summed E-state index contributed by atoms with van der Waals surface area (Å²) in [4.78, 5) is 26.8. The van der Waals surface area contributed by atoms with E-state index in [9.17, 15) is 22.8 Å². The van der Waals surface area contributed by atoms with E-state index in [4.69, 9.17) is 0 Å². The number of carbonyl (C=O) groups excluding carboxylic acids is 2. The van der Waals surface area contributed by atoms with Gasteiger partial charge in [-0.15, -0.1) is 0 Å². The molecule has 1 aromatic carbocycles. The maximum atomic E-state index is 12.7. The van der Waals surface area contributed by atoms with Gasteiger partial charge in [-0.1, -0.05) is 12.1 Å². The molecule has 152 valence electrons. The molecule has 0 bridgehead atoms. The van der Waals surface area contributed by atoms with E-state index in [0.29, 0.717) is 13.0 Å². The summed E-state index contributed by atoms with van der Waals surface area (Å²) in [7, 11) is 0. The van der Waals surface area contributed by atoms with Gasteiger partial charge < -0.3 is 15.5 Å². The highest BCUT2D eigenvalue weighted by molar-refractivity contribution is 5.86. The Morgan fingerprint density at radius 1 is 1.07 bits per heavy atom. The van der Waals surface area contributed by atoms with Crippen LogP contribution in [0.1, 0.15) is 42.7 Å². The summed E-state index contributed by atoms with van der Waals surface area (Å²) in [6.45, 7) is 2.07. The Morgan fingerprint density at radius 3 is 2.39 bits per heavy atom. The standard InChI is InChI=1S/C20H24F3N3O2/c21-20(22,23)14-5-3-12(4-6-14)15-10-16(15)25-18(27)13-9-17(24-11-13)19(28)26-7-1-2-8-26/h3-6,13,15-17,24H,1-2,7-11H2,(H,25,27)/t13-,15+,16-,17-/m0/s1. The Labute approximate surface area is 161 Å². The van der Waals surface area contributed by atoms with E-state index in [2.05, 4.69) is 10.6 Å². The molecule has 0 aromatic heterocycles. The number of benzene rings is 1. The largest absolute Gasteiger partial charge is 0.416 e. The Kier molecular flexibility index (Phi) is 5.07. The van der Waals surface area contributed by atoms with Crippen LogP contribution in [0.15, 0.2) is 24.3 Å². The number of nitrogens with zero attached hydrogens (tertiary/aromatic N) is 1. The number of rotatable bonds is 4. The molecular formula is C20H24F3N3O2. The summed E-state index contributed by atoms with van der Waals surface area (Å²) in [6.07, 6.45) is -1.04. The van der Waals surface area contributed by atoms with Crippen molar-refractivity contribution in [1.29, 1.82) is 0 Å². The van der Waals surface area contributed by atoms with Gasteiger partial charge in [0.15, 0.2) is 0 Å². The number of alkyl halides is 3. The van der Waals surface area contributed by atoms with Crippen LogP contribution in [0.4, 0.5) is 13.2 Å². The highest BCUT2D eigenvalue weighted by atomic mass is 19.4. The minimum absolute atomic E-state index is 0.0439. The van der Waals surface area contributed by atoms with Crippen molar-refractivity contribution in [1.82, 2.24) is 15.5 Å². The predicted octanol–water partition coefficient (Wildman–Crippen LogP) is 2.28. The summed E-state index contributed by atoms with van der Waals surface area (Å²) < 4.78 is 38.0. The minimum atomic E-state index is -4.34. The summed E-state index contributed by atoms with van der Waals surface area (Å²) in [5.74, 6) is -0.182. The first-order valence-corrected chi connectivity index (χ1v) is 9.82. The molecular weight excluding hydrogens is 371 g/mol. The van der Waals surface area contributed by atoms with Crippen molar-refractivity contribution in [3.8, 4) is 0 Å². The molecule has 8 heteroatoms. The molecule has 2 saturated heterocycles. The maximum Gasteiger partial charge on any atom is 0.416 e. The van der Waals surface area contributed by atoms with Gasteiger partial charge in [0.2, 0.25) is 11.8 Å². The molecule has 4 rings (SSSR count). The summed E-state index contributed by atoms with van der Waals surface area (Å²) in [5.41, 5.74) is 0.146. The van der Waals surface area contributed by atoms with Crippen LogP contribution >= 0.6 is 0 Å². The van der Waals surface area contributed by atoms with Crippen molar-refractivity contribution in [2.24, 2.45) is 5.92 Å². The van der Waals surface area contributed by atoms with Gasteiger partial charge in [-0.25, -0.2) is 0 Å². The van der Waals surface area contributed by atoms with Crippen LogP contribution in [0.25, 0.3) is 0 Å². The van der Waals surface area contributed by atoms with Crippen molar-refractivity contribution in [3.63, 3.8) is 0 Å². The second-order valence-corrected chi connectivity index (χ2v) is 8.00. The maximum absolute atomic E-state index is 12.7. The molecule has 0 radical (unpaired) electrons. The predicted molar refractivity (Wildman–Crippen MR) is 96.4 cm³/mol. The van der Waals surface area contributed by atoms with Gasteiger partial charge in [-0.05, 0) is 43.4 Å². The fourth-order valence-corrected chi connectivity index (χ4v) is 4.22. The highest BCUT2D eigenvalue weighted by Crippen LogP contribution is 2.42. The van der Waals surface area contributed by atoms with Crippen LogP contribution in [-0.4, -0.2) is 48.4 Å². The number of nitrogens with one attached hydrogen (secondary N) is 2. The van der Waals surface area contributed by atoms with Gasteiger partial charge in [0.05, 0.1) is 17.5 Å². The van der Waals surface area contributed by atoms with Gasteiger partial charge in [0.1, 0.15) is 0 Å². The monoisotopic (exact) mass is 395 g/mol. The van der Waals surface area contributed by atoms with Gasteiger partial charge in [0.25, 0.3) is 0 Å². The van der Waals surface area contributed by atoms with E-state index >= 15 is 0 Å². The van der Waals surface area contributed by atoms with Crippen molar-refractivity contribution in [2.45, 2.75) is 49.9 Å². The van der Waals surface area contributed by atoms with E-state index < -0.39 is 11.7 Å². The lowest BCUT2D eigenvalue weighted by molar-refractivity contribution is -0.137. The lowest BCUT2D eigenvalue weighted by Crippen LogP contribution is -2.42. The normalized spacial score (nSPS) is 29.8. The third kappa shape index (κ3) is 4.01. The minimum Gasteiger partial charge on any atom is -0.352 e. The molecule has 3 fully saturated rings. The topological polar surface area (TPSA) is 61.4 Å². The van der Waals surface area contributed by atoms with Gasteiger partial charge in [-0.3, -0.25) is 9.59 Å². The van der Waals surface area contributed by atoms with Crippen molar-refractivity contribution in [2.75, 3.05) is 19.6 Å². The van der Waals surface area contributed by atoms with E-state index in [1.165, 1.54) is 12.1 Å². The molecule has 1 saturated carbocycles. The summed E-state index contributed by atoms with van der Waals surface area (Å²) in [6, 6.07) is 4.81. The number of likely N-dealkylation sites (tertiary alicyclic amines) is 1. The SMILES string of the molecule is O=C(N[C@H]1C[C@@H]1c1ccc(C(F)(F)F)cc1)[C@@H]1CN[C@H](C(=O)N2CCCC2)C1. The molecule has 0 spiro atoms. The Balaban J connectivity index is 1.27. The molecule has 2 N–H and O–H groups in total. The Bertz CT molecular complexity index is 744. The van der Waals surface area contributed by atoms with Crippen LogP contribution < -0.4 is 10.6 Å². The number of halogens is 3. The fraction of sp³-hybridized carbons (Fsp3) is 0.600. The number of carbonyl (C=O) groups is 2. The number of amides is 2. The fourth-order valence-electron chi connectivity index (χ4n) is 4.22. The van der Waals surface area contributed by atoms with E-state index in [1.807, 2.05) is 4.90 Å². The molecule has 3 aliphatic rings. The van der Waals surface area contributed by atoms with Crippen LogP contribution in [0.2, 0.25) is 0 Å². The number of hydrogen-bond donors (Lipinski definition) is 2. The van der Waals surface area contributed by atoms with Crippen molar-refractivity contribution >= 4 is 11.8 Å². The van der Waals surface area contributed by atoms with E-state index in [0.717, 1.165) is 50.0 Å².